The van der Waals surface area contributed by atoms with Crippen LogP contribution < -0.4 is 5.32 Å². The Balaban J connectivity index is 1.62. The van der Waals surface area contributed by atoms with E-state index in [1.807, 2.05) is 0 Å². The lowest BCUT2D eigenvalue weighted by Crippen LogP contribution is -2.51. The zero-order valence-corrected chi connectivity index (χ0v) is 14.2. The number of likely N-dealkylation sites (tertiary alicyclic amines) is 1. The lowest BCUT2D eigenvalue weighted by molar-refractivity contribution is 0.106. The van der Waals surface area contributed by atoms with Crippen LogP contribution in [0.1, 0.15) is 83.5 Å². The van der Waals surface area contributed by atoms with E-state index in [9.17, 15) is 0 Å². The minimum atomic E-state index is 0.740. The van der Waals surface area contributed by atoms with Gasteiger partial charge in [0.1, 0.15) is 0 Å². The molecule has 2 aliphatic carbocycles. The van der Waals surface area contributed by atoms with E-state index in [1.54, 1.807) is 0 Å². The second kappa shape index (κ2) is 7.97. The van der Waals surface area contributed by atoms with Crippen molar-refractivity contribution in [3.05, 3.63) is 0 Å². The molecule has 1 aliphatic heterocycles. The van der Waals surface area contributed by atoms with Gasteiger partial charge in [-0.2, -0.15) is 0 Å². The van der Waals surface area contributed by atoms with E-state index in [4.69, 9.17) is 0 Å². The summed E-state index contributed by atoms with van der Waals surface area (Å²) in [4.78, 5) is 2.93. The van der Waals surface area contributed by atoms with Crippen molar-refractivity contribution in [2.45, 2.75) is 102 Å². The minimum absolute atomic E-state index is 0.740. The number of fused-ring (bicyclic) bond motifs is 2. The molecule has 0 spiro atoms. The van der Waals surface area contributed by atoms with Crippen LogP contribution in [0.2, 0.25) is 0 Å². The third-order valence-electron chi connectivity index (χ3n) is 6.48. The van der Waals surface area contributed by atoms with Gasteiger partial charge in [0.15, 0.2) is 0 Å². The molecule has 0 aromatic rings. The average Bonchev–Trinajstić information content (AvgIpc) is 3.10. The molecule has 21 heavy (non-hydrogen) atoms. The van der Waals surface area contributed by atoms with Gasteiger partial charge in [-0.15, -0.1) is 0 Å². The average molecular weight is 293 g/mol. The summed E-state index contributed by atoms with van der Waals surface area (Å²) in [6.45, 7) is 1.41. The molecule has 2 nitrogen and oxygen atoms in total. The largest absolute Gasteiger partial charge is 0.315 e. The number of hydrogen-bond donors (Lipinski definition) is 1. The Morgan fingerprint density at radius 2 is 1.43 bits per heavy atom. The first-order valence-electron chi connectivity index (χ1n) is 9.81. The van der Waals surface area contributed by atoms with Gasteiger partial charge in [0.05, 0.1) is 0 Å². The van der Waals surface area contributed by atoms with E-state index in [0.717, 1.165) is 24.0 Å². The fourth-order valence-electron chi connectivity index (χ4n) is 5.27. The Bertz CT molecular complexity index is 304. The fraction of sp³-hybridized carbons (Fsp3) is 1.00. The normalized spacial score (nSPS) is 39.9. The van der Waals surface area contributed by atoms with Crippen LogP contribution in [0.4, 0.5) is 0 Å². The van der Waals surface area contributed by atoms with E-state index >= 15 is 0 Å². The van der Waals surface area contributed by atoms with Gasteiger partial charge in [0.2, 0.25) is 0 Å². The van der Waals surface area contributed by atoms with Crippen molar-refractivity contribution in [1.82, 2.24) is 10.2 Å². The van der Waals surface area contributed by atoms with Gasteiger partial charge < -0.3 is 5.32 Å². The SMILES string of the molecule is CNC1CCCCCCCCCCC1N1CC2CCC1C2. The molecule has 2 heteroatoms. The van der Waals surface area contributed by atoms with Crippen LogP contribution >= 0.6 is 0 Å². The Morgan fingerprint density at radius 1 is 0.762 bits per heavy atom. The van der Waals surface area contributed by atoms with Gasteiger partial charge >= 0.3 is 0 Å². The topological polar surface area (TPSA) is 15.3 Å². The van der Waals surface area contributed by atoms with E-state index in [-0.39, 0.29) is 0 Å². The Labute approximate surface area is 132 Å². The summed E-state index contributed by atoms with van der Waals surface area (Å²) < 4.78 is 0. The number of nitrogens with one attached hydrogen (secondary N) is 1. The Kier molecular flexibility index (Phi) is 5.99. The van der Waals surface area contributed by atoms with Crippen molar-refractivity contribution in [3.8, 4) is 0 Å². The molecule has 3 rings (SSSR count). The van der Waals surface area contributed by atoms with E-state index in [0.29, 0.717) is 0 Å². The van der Waals surface area contributed by atoms with Crippen molar-refractivity contribution in [2.24, 2.45) is 5.92 Å². The summed E-state index contributed by atoms with van der Waals surface area (Å²) in [5.41, 5.74) is 0. The number of rotatable bonds is 2. The third-order valence-corrected chi connectivity index (χ3v) is 6.48. The van der Waals surface area contributed by atoms with Crippen molar-refractivity contribution < 1.29 is 0 Å². The van der Waals surface area contributed by atoms with Crippen molar-refractivity contribution in [1.29, 1.82) is 0 Å². The van der Waals surface area contributed by atoms with Crippen LogP contribution in [0.3, 0.4) is 0 Å². The number of likely N-dealkylation sites (N-methyl/N-ethyl adjacent to an activating group) is 1. The standard InChI is InChI=1S/C19H36N2/c1-20-18-10-8-6-4-2-3-5-7-9-11-19(18)21-15-16-12-13-17(21)14-16/h16-20H,2-15H2,1H3. The quantitative estimate of drug-likeness (QED) is 0.814. The summed E-state index contributed by atoms with van der Waals surface area (Å²) in [6, 6.07) is 2.50. The molecule has 1 saturated heterocycles. The van der Waals surface area contributed by atoms with Crippen molar-refractivity contribution >= 4 is 0 Å². The maximum absolute atomic E-state index is 3.70. The smallest absolute Gasteiger partial charge is 0.0252 e. The van der Waals surface area contributed by atoms with Gasteiger partial charge in [0, 0.05) is 24.7 Å². The predicted molar refractivity (Wildman–Crippen MR) is 90.6 cm³/mol. The Morgan fingerprint density at radius 3 is 2.00 bits per heavy atom. The molecule has 0 radical (unpaired) electrons. The lowest BCUT2D eigenvalue weighted by atomic mass is 9.91. The molecular weight excluding hydrogens is 256 g/mol. The predicted octanol–water partition coefficient (Wildman–Crippen LogP) is 4.34. The van der Waals surface area contributed by atoms with Gasteiger partial charge in [-0.3, -0.25) is 4.90 Å². The van der Waals surface area contributed by atoms with Gasteiger partial charge in [-0.25, -0.2) is 0 Å². The molecule has 122 valence electrons. The molecule has 0 amide bonds. The monoisotopic (exact) mass is 292 g/mol. The molecule has 4 unspecified atom stereocenters. The maximum Gasteiger partial charge on any atom is 0.0252 e. The minimum Gasteiger partial charge on any atom is -0.315 e. The summed E-state index contributed by atoms with van der Waals surface area (Å²) in [5.74, 6) is 1.04. The third kappa shape index (κ3) is 4.01. The first-order valence-corrected chi connectivity index (χ1v) is 9.81. The molecule has 2 bridgehead atoms. The highest BCUT2D eigenvalue weighted by Gasteiger charge is 2.42. The van der Waals surface area contributed by atoms with E-state index in [2.05, 4.69) is 17.3 Å². The van der Waals surface area contributed by atoms with Crippen LogP contribution in [0.15, 0.2) is 0 Å². The highest BCUT2D eigenvalue weighted by Crippen LogP contribution is 2.40. The summed E-state index contributed by atoms with van der Waals surface area (Å²) in [7, 11) is 2.21. The highest BCUT2D eigenvalue weighted by molar-refractivity contribution is 4.98. The molecule has 1 heterocycles. The lowest BCUT2D eigenvalue weighted by Gasteiger charge is -2.40. The number of piperidine rings is 1. The molecule has 0 aromatic heterocycles. The molecule has 3 fully saturated rings. The first kappa shape index (κ1) is 15.8. The molecule has 1 N–H and O–H groups in total. The van der Waals surface area contributed by atoms with Crippen molar-refractivity contribution in [2.75, 3.05) is 13.6 Å². The summed E-state index contributed by atoms with van der Waals surface area (Å²) in [6.07, 6.45) is 19.1. The first-order chi connectivity index (χ1) is 10.4. The second-order valence-electron chi connectivity index (χ2n) is 7.90. The molecule has 4 atom stereocenters. The molecule has 3 aliphatic rings. The number of nitrogens with zero attached hydrogens (tertiary/aromatic N) is 1. The zero-order chi connectivity index (χ0) is 14.5. The van der Waals surface area contributed by atoms with Gasteiger partial charge in [0.25, 0.3) is 0 Å². The summed E-state index contributed by atoms with van der Waals surface area (Å²) >= 11 is 0. The van der Waals surface area contributed by atoms with Crippen LogP contribution in [-0.2, 0) is 0 Å². The molecule has 2 saturated carbocycles. The van der Waals surface area contributed by atoms with Crippen LogP contribution in [0.5, 0.6) is 0 Å². The fourth-order valence-corrected chi connectivity index (χ4v) is 5.27. The maximum atomic E-state index is 3.70. The van der Waals surface area contributed by atoms with Crippen LogP contribution in [0, 0.1) is 5.92 Å². The zero-order valence-electron chi connectivity index (χ0n) is 14.2. The van der Waals surface area contributed by atoms with Gasteiger partial charge in [-0.05, 0) is 45.1 Å². The molecule has 0 aromatic carbocycles. The van der Waals surface area contributed by atoms with E-state index in [1.165, 1.54) is 90.0 Å². The molecular formula is C19H36N2. The second-order valence-corrected chi connectivity index (χ2v) is 7.90. The van der Waals surface area contributed by atoms with Gasteiger partial charge in [-0.1, -0.05) is 51.4 Å². The Hall–Kier alpha value is -0.0800. The highest BCUT2D eigenvalue weighted by atomic mass is 15.2. The van der Waals surface area contributed by atoms with Crippen molar-refractivity contribution in [3.63, 3.8) is 0 Å². The van der Waals surface area contributed by atoms with Crippen LogP contribution in [-0.4, -0.2) is 36.6 Å². The van der Waals surface area contributed by atoms with Crippen LogP contribution in [0.25, 0.3) is 0 Å². The number of hydrogen-bond acceptors (Lipinski definition) is 2. The van der Waals surface area contributed by atoms with E-state index < -0.39 is 0 Å². The summed E-state index contributed by atoms with van der Waals surface area (Å²) in [5, 5.41) is 3.70.